The molecule has 196 valence electrons. The minimum atomic E-state index is -0.758. The maximum absolute atomic E-state index is 13.9. The lowest BCUT2D eigenvalue weighted by Gasteiger charge is -2.43. The number of amides is 4. The molecule has 4 amide bonds. The molecule has 37 heavy (non-hydrogen) atoms. The van der Waals surface area contributed by atoms with Gasteiger partial charge in [0, 0.05) is 42.0 Å². The van der Waals surface area contributed by atoms with Crippen LogP contribution in [0.2, 0.25) is 0 Å². The monoisotopic (exact) mass is 567 g/mol. The van der Waals surface area contributed by atoms with E-state index in [0.29, 0.717) is 38.5 Å². The maximum atomic E-state index is 13.9. The molecule has 0 bridgehead atoms. The molecule has 2 aromatic rings. The minimum Gasteiger partial charge on any atom is -0.341 e. The number of halogens is 1. The van der Waals surface area contributed by atoms with Crippen LogP contribution in [0.1, 0.15) is 32.6 Å². The van der Waals surface area contributed by atoms with Crippen LogP contribution in [0.15, 0.2) is 59.1 Å². The Labute approximate surface area is 226 Å². The Bertz CT molecular complexity index is 1130. The molecule has 0 aliphatic carbocycles. The van der Waals surface area contributed by atoms with Crippen molar-refractivity contribution in [2.75, 3.05) is 49.6 Å². The molecule has 3 aliphatic rings. The van der Waals surface area contributed by atoms with Gasteiger partial charge in [0.05, 0.1) is 6.67 Å². The van der Waals surface area contributed by atoms with Crippen LogP contribution in [-0.4, -0.2) is 77.5 Å². The summed E-state index contributed by atoms with van der Waals surface area (Å²) in [4.78, 5) is 47.5. The summed E-state index contributed by atoms with van der Waals surface area (Å²) in [5.74, 6) is 0.653. The highest BCUT2D eigenvalue weighted by atomic mass is 79.9. The highest BCUT2D eigenvalue weighted by Gasteiger charge is 2.54. The number of hydrogen-bond donors (Lipinski definition) is 1. The molecule has 0 radical (unpaired) electrons. The number of piperidine rings is 2. The molecule has 0 aromatic heterocycles. The van der Waals surface area contributed by atoms with Crippen LogP contribution in [0.4, 0.5) is 16.2 Å². The third-order valence-electron chi connectivity index (χ3n) is 8.02. The summed E-state index contributed by atoms with van der Waals surface area (Å²) in [6, 6.07) is 17.2. The van der Waals surface area contributed by atoms with Crippen molar-refractivity contribution in [2.24, 2.45) is 5.92 Å². The van der Waals surface area contributed by atoms with Gasteiger partial charge < -0.3 is 24.9 Å². The molecule has 0 atom stereocenters. The summed E-state index contributed by atoms with van der Waals surface area (Å²) < 4.78 is 0.948. The number of carbonyl (C=O) groups is 3. The van der Waals surface area contributed by atoms with Crippen molar-refractivity contribution in [1.82, 2.24) is 14.7 Å². The number of benzene rings is 2. The molecule has 1 spiro atoms. The Hall–Kier alpha value is -3.07. The van der Waals surface area contributed by atoms with Crippen molar-refractivity contribution in [3.8, 4) is 0 Å². The number of para-hydroxylation sites is 1. The van der Waals surface area contributed by atoms with Gasteiger partial charge in [-0.25, -0.2) is 4.79 Å². The van der Waals surface area contributed by atoms with Crippen LogP contribution in [0.3, 0.4) is 0 Å². The third-order valence-corrected chi connectivity index (χ3v) is 8.55. The van der Waals surface area contributed by atoms with E-state index in [0.717, 1.165) is 41.8 Å². The molecule has 3 fully saturated rings. The van der Waals surface area contributed by atoms with Gasteiger partial charge in [-0.05, 0) is 68.0 Å². The predicted octanol–water partition coefficient (Wildman–Crippen LogP) is 4.38. The Kier molecular flexibility index (Phi) is 7.42. The number of rotatable bonds is 4. The fourth-order valence-corrected chi connectivity index (χ4v) is 5.92. The van der Waals surface area contributed by atoms with Crippen LogP contribution in [0, 0.1) is 5.92 Å². The van der Waals surface area contributed by atoms with Crippen LogP contribution in [0.25, 0.3) is 0 Å². The van der Waals surface area contributed by atoms with Gasteiger partial charge in [-0.3, -0.25) is 9.59 Å². The zero-order valence-electron chi connectivity index (χ0n) is 21.2. The molecule has 0 unspecified atom stereocenters. The van der Waals surface area contributed by atoms with Crippen LogP contribution in [-0.2, 0) is 9.59 Å². The fourth-order valence-electron chi connectivity index (χ4n) is 5.66. The summed E-state index contributed by atoms with van der Waals surface area (Å²) in [5, 5.41) is 2.95. The molecule has 3 aliphatic heterocycles. The smallest absolute Gasteiger partial charge is 0.321 e. The van der Waals surface area contributed by atoms with Crippen molar-refractivity contribution >= 4 is 45.2 Å². The highest BCUT2D eigenvalue weighted by Crippen LogP contribution is 2.39. The van der Waals surface area contributed by atoms with Crippen molar-refractivity contribution in [1.29, 1.82) is 0 Å². The number of nitrogens with one attached hydrogen (secondary N) is 1. The first-order chi connectivity index (χ1) is 17.9. The van der Waals surface area contributed by atoms with Crippen molar-refractivity contribution in [2.45, 2.75) is 38.1 Å². The first-order valence-corrected chi connectivity index (χ1v) is 13.9. The Morgan fingerprint density at radius 3 is 2.24 bits per heavy atom. The van der Waals surface area contributed by atoms with Gasteiger partial charge in [-0.2, -0.15) is 0 Å². The van der Waals surface area contributed by atoms with E-state index in [4.69, 9.17) is 0 Å². The molecule has 0 saturated carbocycles. The number of carbonyl (C=O) groups excluding carboxylic acids is 3. The fraction of sp³-hybridized carbons (Fsp3) is 0.464. The lowest BCUT2D eigenvalue weighted by molar-refractivity contribution is -0.141. The van der Waals surface area contributed by atoms with Gasteiger partial charge in [0.1, 0.15) is 12.1 Å². The van der Waals surface area contributed by atoms with Crippen molar-refractivity contribution in [3.63, 3.8) is 0 Å². The molecule has 3 saturated heterocycles. The van der Waals surface area contributed by atoms with Gasteiger partial charge in [-0.1, -0.05) is 41.1 Å². The van der Waals surface area contributed by atoms with Gasteiger partial charge in [-0.15, -0.1) is 0 Å². The zero-order chi connectivity index (χ0) is 26.0. The van der Waals surface area contributed by atoms with Gasteiger partial charge in [0.15, 0.2) is 0 Å². The second-order valence-corrected chi connectivity index (χ2v) is 11.3. The minimum absolute atomic E-state index is 0.0111. The number of urea groups is 1. The van der Waals surface area contributed by atoms with Gasteiger partial charge in [0.2, 0.25) is 5.91 Å². The number of likely N-dealkylation sites (tertiary alicyclic amines) is 2. The second kappa shape index (κ2) is 10.7. The lowest BCUT2D eigenvalue weighted by Crippen LogP contribution is -2.58. The number of hydrogen-bond acceptors (Lipinski definition) is 4. The third kappa shape index (κ3) is 5.32. The summed E-state index contributed by atoms with van der Waals surface area (Å²) in [5.41, 5.74) is 0.936. The standard InChI is InChI=1S/C28H34BrN5O3/c1-21-11-15-31(16-12-21)25(35)19-33-20-34(24-5-3-2-4-6-24)28(26(33)36)13-17-32(18-14-28)27(37)30-23-9-7-22(29)8-10-23/h2-10,21H,11-20H2,1H3,(H,30,37). The molecule has 5 rings (SSSR count). The summed E-state index contributed by atoms with van der Waals surface area (Å²) >= 11 is 3.41. The van der Waals surface area contributed by atoms with Crippen LogP contribution in [0.5, 0.6) is 0 Å². The van der Waals surface area contributed by atoms with E-state index in [1.54, 1.807) is 9.80 Å². The Morgan fingerprint density at radius 1 is 0.946 bits per heavy atom. The summed E-state index contributed by atoms with van der Waals surface area (Å²) in [6.07, 6.45) is 3.05. The second-order valence-electron chi connectivity index (χ2n) is 10.4. The average Bonchev–Trinajstić information content (AvgIpc) is 3.17. The Balaban J connectivity index is 1.29. The zero-order valence-corrected chi connectivity index (χ0v) is 22.8. The van der Waals surface area contributed by atoms with E-state index in [-0.39, 0.29) is 24.4 Å². The summed E-state index contributed by atoms with van der Waals surface area (Å²) in [7, 11) is 0. The molecule has 8 nitrogen and oxygen atoms in total. The predicted molar refractivity (Wildman–Crippen MR) is 147 cm³/mol. The highest BCUT2D eigenvalue weighted by molar-refractivity contribution is 9.10. The molecule has 1 N–H and O–H groups in total. The largest absolute Gasteiger partial charge is 0.341 e. The first kappa shape index (κ1) is 25.6. The molecule has 3 heterocycles. The van der Waals surface area contributed by atoms with Crippen LogP contribution >= 0.6 is 15.9 Å². The molecular weight excluding hydrogens is 534 g/mol. The van der Waals surface area contributed by atoms with Gasteiger partial charge >= 0.3 is 6.03 Å². The SMILES string of the molecule is CC1CCN(C(=O)CN2CN(c3ccccc3)C3(CCN(C(=O)Nc4ccc(Br)cc4)CC3)C2=O)CC1. The number of anilines is 2. The van der Waals surface area contributed by atoms with Crippen LogP contribution < -0.4 is 10.2 Å². The van der Waals surface area contributed by atoms with E-state index in [1.165, 1.54) is 0 Å². The quantitative estimate of drug-likeness (QED) is 0.594. The van der Waals surface area contributed by atoms with Crippen molar-refractivity contribution in [3.05, 3.63) is 59.1 Å². The average molecular weight is 569 g/mol. The van der Waals surface area contributed by atoms with E-state index < -0.39 is 5.54 Å². The first-order valence-electron chi connectivity index (χ1n) is 13.1. The van der Waals surface area contributed by atoms with E-state index >= 15 is 0 Å². The van der Waals surface area contributed by atoms with E-state index in [1.807, 2.05) is 59.5 Å². The normalized spacial score (nSPS) is 20.0. The summed E-state index contributed by atoms with van der Waals surface area (Å²) in [6.45, 7) is 5.15. The van der Waals surface area contributed by atoms with Crippen molar-refractivity contribution < 1.29 is 14.4 Å². The number of nitrogens with zero attached hydrogens (tertiary/aromatic N) is 4. The lowest BCUT2D eigenvalue weighted by atomic mass is 9.85. The van der Waals surface area contributed by atoms with E-state index in [9.17, 15) is 14.4 Å². The molecule has 2 aromatic carbocycles. The Morgan fingerprint density at radius 2 is 1.59 bits per heavy atom. The van der Waals surface area contributed by atoms with E-state index in [2.05, 4.69) is 33.1 Å². The topological polar surface area (TPSA) is 76.2 Å². The van der Waals surface area contributed by atoms with Gasteiger partial charge in [0.25, 0.3) is 5.91 Å². The maximum Gasteiger partial charge on any atom is 0.321 e. The molecular formula is C28H34BrN5O3. The molecule has 9 heteroatoms.